The van der Waals surface area contributed by atoms with Crippen LogP contribution in [0.3, 0.4) is 0 Å². The molecular weight excluding hydrogens is 300 g/mol. The normalized spacial score (nSPS) is 24.0. The van der Waals surface area contributed by atoms with Crippen molar-refractivity contribution in [2.24, 2.45) is 7.05 Å². The Labute approximate surface area is 131 Å². The van der Waals surface area contributed by atoms with Gasteiger partial charge in [0.2, 0.25) is 0 Å². The SMILES string of the molecule is CN1C[C@]2(CCN(C(=O)c3cnc4c(c3)nnn4C)C2)OC1=O. The Morgan fingerprint density at radius 1 is 1.35 bits per heavy atom. The van der Waals surface area contributed by atoms with Gasteiger partial charge >= 0.3 is 6.09 Å². The van der Waals surface area contributed by atoms with E-state index < -0.39 is 5.60 Å². The molecule has 2 aliphatic heterocycles. The van der Waals surface area contributed by atoms with Gasteiger partial charge in [-0.15, -0.1) is 5.10 Å². The number of carbonyl (C=O) groups excluding carboxylic acids is 2. The molecule has 2 aromatic rings. The summed E-state index contributed by atoms with van der Waals surface area (Å²) in [7, 11) is 3.45. The third-order valence-electron chi connectivity index (χ3n) is 4.43. The Morgan fingerprint density at radius 3 is 2.91 bits per heavy atom. The molecule has 9 heteroatoms. The molecule has 0 bridgehead atoms. The van der Waals surface area contributed by atoms with Crippen molar-refractivity contribution in [2.75, 3.05) is 26.7 Å². The minimum Gasteiger partial charge on any atom is -0.439 e. The lowest BCUT2D eigenvalue weighted by Crippen LogP contribution is -2.39. The van der Waals surface area contributed by atoms with Crippen molar-refractivity contribution >= 4 is 23.2 Å². The van der Waals surface area contributed by atoms with Gasteiger partial charge in [0, 0.05) is 33.3 Å². The van der Waals surface area contributed by atoms with Crippen LogP contribution in [0.1, 0.15) is 16.8 Å². The maximum absolute atomic E-state index is 12.7. The molecule has 1 atom stereocenters. The third-order valence-corrected chi connectivity index (χ3v) is 4.43. The first-order chi connectivity index (χ1) is 11.0. The van der Waals surface area contributed by atoms with Gasteiger partial charge in [-0.1, -0.05) is 5.21 Å². The predicted molar refractivity (Wildman–Crippen MR) is 78.7 cm³/mol. The second kappa shape index (κ2) is 4.64. The standard InChI is InChI=1S/C14H16N6O3/c1-18-7-14(23-13(18)22)3-4-20(8-14)12(21)9-5-10-11(15-6-9)19(2)17-16-10/h5-6H,3-4,7-8H2,1-2H3/t14-/m0/s1. The largest absolute Gasteiger partial charge is 0.439 e. The van der Waals surface area contributed by atoms with Crippen molar-refractivity contribution in [3.63, 3.8) is 0 Å². The molecule has 0 N–H and O–H groups in total. The fourth-order valence-electron chi connectivity index (χ4n) is 3.25. The summed E-state index contributed by atoms with van der Waals surface area (Å²) in [5.74, 6) is -0.132. The average Bonchev–Trinajstić information content (AvgIpc) is 3.18. The Kier molecular flexibility index (Phi) is 2.81. The van der Waals surface area contributed by atoms with E-state index in [1.54, 1.807) is 34.6 Å². The average molecular weight is 316 g/mol. The molecule has 2 saturated heterocycles. The Balaban J connectivity index is 1.56. The highest BCUT2D eigenvalue weighted by atomic mass is 16.6. The molecule has 1 spiro atoms. The van der Waals surface area contributed by atoms with E-state index >= 15 is 0 Å². The van der Waals surface area contributed by atoms with Gasteiger partial charge in [0.05, 0.1) is 18.7 Å². The van der Waals surface area contributed by atoms with Crippen molar-refractivity contribution < 1.29 is 14.3 Å². The molecule has 0 radical (unpaired) electrons. The summed E-state index contributed by atoms with van der Waals surface area (Å²) in [6, 6.07) is 1.69. The van der Waals surface area contributed by atoms with E-state index in [-0.39, 0.29) is 12.0 Å². The zero-order chi connectivity index (χ0) is 16.2. The molecule has 2 fully saturated rings. The topological polar surface area (TPSA) is 93.5 Å². The van der Waals surface area contributed by atoms with Crippen molar-refractivity contribution in [3.05, 3.63) is 17.8 Å². The lowest BCUT2D eigenvalue weighted by atomic mass is 10.0. The monoisotopic (exact) mass is 316 g/mol. The molecule has 2 aliphatic rings. The van der Waals surface area contributed by atoms with Gasteiger partial charge in [0.15, 0.2) is 11.2 Å². The van der Waals surface area contributed by atoms with E-state index in [2.05, 4.69) is 15.3 Å². The Hall–Kier alpha value is -2.71. The van der Waals surface area contributed by atoms with Crippen molar-refractivity contribution in [1.82, 2.24) is 29.8 Å². The van der Waals surface area contributed by atoms with Crippen LogP contribution in [-0.2, 0) is 11.8 Å². The molecule has 0 unspecified atom stereocenters. The highest BCUT2D eigenvalue weighted by Gasteiger charge is 2.49. The van der Waals surface area contributed by atoms with E-state index in [1.165, 1.54) is 6.20 Å². The van der Waals surface area contributed by atoms with Crippen LogP contribution in [-0.4, -0.2) is 74.1 Å². The van der Waals surface area contributed by atoms with E-state index in [9.17, 15) is 9.59 Å². The number of rotatable bonds is 1. The maximum Gasteiger partial charge on any atom is 0.410 e. The number of pyridine rings is 1. The first kappa shape index (κ1) is 13.9. The first-order valence-corrected chi connectivity index (χ1v) is 7.36. The van der Waals surface area contributed by atoms with Crippen LogP contribution in [0.2, 0.25) is 0 Å². The zero-order valence-corrected chi connectivity index (χ0v) is 12.9. The lowest BCUT2D eigenvalue weighted by molar-refractivity contribution is 0.0553. The van der Waals surface area contributed by atoms with Crippen LogP contribution in [0.25, 0.3) is 11.2 Å². The van der Waals surface area contributed by atoms with Crippen LogP contribution >= 0.6 is 0 Å². The number of nitrogens with zero attached hydrogens (tertiary/aromatic N) is 6. The molecular formula is C14H16N6O3. The molecule has 0 aromatic carbocycles. The van der Waals surface area contributed by atoms with E-state index in [4.69, 9.17) is 4.74 Å². The van der Waals surface area contributed by atoms with Crippen molar-refractivity contribution in [2.45, 2.75) is 12.0 Å². The lowest BCUT2D eigenvalue weighted by Gasteiger charge is -2.21. The second-order valence-electron chi connectivity index (χ2n) is 6.16. The smallest absolute Gasteiger partial charge is 0.410 e. The molecule has 23 heavy (non-hydrogen) atoms. The molecule has 4 rings (SSSR count). The zero-order valence-electron chi connectivity index (χ0n) is 12.9. The number of aromatic nitrogens is 4. The summed E-state index contributed by atoms with van der Waals surface area (Å²) >= 11 is 0. The van der Waals surface area contributed by atoms with Gasteiger partial charge in [0.1, 0.15) is 5.52 Å². The number of hydrogen-bond acceptors (Lipinski definition) is 6. The fourth-order valence-corrected chi connectivity index (χ4v) is 3.25. The fraction of sp³-hybridized carbons (Fsp3) is 0.500. The molecule has 0 aliphatic carbocycles. The number of hydrogen-bond donors (Lipinski definition) is 0. The van der Waals surface area contributed by atoms with Gasteiger partial charge in [-0.3, -0.25) is 4.79 Å². The van der Waals surface area contributed by atoms with E-state index in [1.807, 2.05) is 0 Å². The highest BCUT2D eigenvalue weighted by molar-refractivity contribution is 5.96. The molecule has 2 amide bonds. The van der Waals surface area contributed by atoms with Crippen LogP contribution < -0.4 is 0 Å². The quantitative estimate of drug-likeness (QED) is 0.737. The summed E-state index contributed by atoms with van der Waals surface area (Å²) in [6.45, 7) is 1.47. The number of fused-ring (bicyclic) bond motifs is 1. The number of likely N-dealkylation sites (N-methyl/N-ethyl adjacent to an activating group) is 1. The minimum absolute atomic E-state index is 0.132. The Bertz CT molecular complexity index is 818. The van der Waals surface area contributed by atoms with Crippen LogP contribution in [0, 0.1) is 0 Å². The maximum atomic E-state index is 12.7. The Morgan fingerprint density at radius 2 is 2.17 bits per heavy atom. The van der Waals surface area contributed by atoms with E-state index in [0.717, 1.165) is 0 Å². The summed E-state index contributed by atoms with van der Waals surface area (Å²) in [5.41, 5.74) is 1.10. The predicted octanol–water partition coefficient (Wildman–Crippen LogP) is 0.0300. The molecule has 4 heterocycles. The second-order valence-corrected chi connectivity index (χ2v) is 6.16. The summed E-state index contributed by atoms with van der Waals surface area (Å²) in [4.78, 5) is 31.8. The van der Waals surface area contributed by atoms with Crippen LogP contribution in [0.15, 0.2) is 12.3 Å². The molecule has 9 nitrogen and oxygen atoms in total. The molecule has 0 saturated carbocycles. The minimum atomic E-state index is -0.578. The summed E-state index contributed by atoms with van der Waals surface area (Å²) in [6.07, 6.45) is 1.85. The van der Waals surface area contributed by atoms with Crippen molar-refractivity contribution in [3.8, 4) is 0 Å². The number of amides is 2. The van der Waals surface area contributed by atoms with Gasteiger partial charge in [-0.05, 0) is 6.07 Å². The summed E-state index contributed by atoms with van der Waals surface area (Å²) < 4.78 is 7.02. The van der Waals surface area contributed by atoms with E-state index in [0.29, 0.717) is 42.8 Å². The van der Waals surface area contributed by atoms with Gasteiger partial charge in [-0.25, -0.2) is 14.5 Å². The van der Waals surface area contributed by atoms with Crippen LogP contribution in [0.4, 0.5) is 4.79 Å². The third kappa shape index (κ3) is 2.11. The number of carbonyl (C=O) groups is 2. The number of likely N-dealkylation sites (tertiary alicyclic amines) is 1. The van der Waals surface area contributed by atoms with Gasteiger partial charge in [-0.2, -0.15) is 0 Å². The highest BCUT2D eigenvalue weighted by Crippen LogP contribution is 2.32. The molecule has 120 valence electrons. The van der Waals surface area contributed by atoms with Crippen LogP contribution in [0.5, 0.6) is 0 Å². The molecule has 2 aromatic heterocycles. The van der Waals surface area contributed by atoms with Gasteiger partial charge < -0.3 is 14.5 Å². The van der Waals surface area contributed by atoms with Crippen molar-refractivity contribution in [1.29, 1.82) is 0 Å². The summed E-state index contributed by atoms with van der Waals surface area (Å²) in [5, 5.41) is 7.87. The van der Waals surface area contributed by atoms with Gasteiger partial charge in [0.25, 0.3) is 5.91 Å². The first-order valence-electron chi connectivity index (χ1n) is 7.36. The number of ether oxygens (including phenoxy) is 1. The number of aryl methyl sites for hydroxylation is 1.